The third kappa shape index (κ3) is 3.76. The Morgan fingerprint density at radius 3 is 2.40 bits per heavy atom. The molecule has 0 aromatic carbocycles. The molecule has 0 heterocycles. The van der Waals surface area contributed by atoms with E-state index in [-0.39, 0.29) is 5.60 Å². The van der Waals surface area contributed by atoms with Crippen molar-refractivity contribution in [3.05, 3.63) is 0 Å². The van der Waals surface area contributed by atoms with Gasteiger partial charge in [0.15, 0.2) is 0 Å². The van der Waals surface area contributed by atoms with Crippen LogP contribution in [0, 0.1) is 5.92 Å². The number of hydrogen-bond donors (Lipinski definition) is 1. The molecule has 1 N–H and O–H groups in total. The third-order valence-corrected chi connectivity index (χ3v) is 3.66. The average Bonchev–Trinajstić information content (AvgIpc) is 2.23. The Kier molecular flexibility index (Phi) is 5.62. The monoisotopic (exact) mass is 213 g/mol. The summed E-state index contributed by atoms with van der Waals surface area (Å²) in [5, 5.41) is 3.28. The number of ether oxygens (including phenoxy) is 1. The second-order valence-electron chi connectivity index (χ2n) is 4.88. The lowest BCUT2D eigenvalue weighted by Crippen LogP contribution is -2.45. The molecule has 0 unspecified atom stereocenters. The van der Waals surface area contributed by atoms with Crippen LogP contribution in [0.1, 0.15) is 52.4 Å². The van der Waals surface area contributed by atoms with Gasteiger partial charge in [-0.3, -0.25) is 0 Å². The highest BCUT2D eigenvalue weighted by Gasteiger charge is 2.34. The maximum Gasteiger partial charge on any atom is 0.0806 e. The van der Waals surface area contributed by atoms with Gasteiger partial charge in [0.05, 0.1) is 5.60 Å². The van der Waals surface area contributed by atoms with Crippen LogP contribution < -0.4 is 5.32 Å². The largest absolute Gasteiger partial charge is 0.374 e. The van der Waals surface area contributed by atoms with E-state index in [1.807, 2.05) is 7.05 Å². The molecule has 0 saturated heterocycles. The van der Waals surface area contributed by atoms with Crippen LogP contribution in [0.3, 0.4) is 0 Å². The van der Waals surface area contributed by atoms with Gasteiger partial charge in [0.25, 0.3) is 0 Å². The molecule has 2 heteroatoms. The molecule has 1 saturated carbocycles. The van der Waals surface area contributed by atoms with Crippen molar-refractivity contribution < 1.29 is 4.74 Å². The normalized spacial score (nSPS) is 31.8. The maximum absolute atomic E-state index is 5.97. The van der Waals surface area contributed by atoms with Crippen LogP contribution >= 0.6 is 0 Å². The second-order valence-corrected chi connectivity index (χ2v) is 4.88. The first-order chi connectivity index (χ1) is 7.26. The number of nitrogens with one attached hydrogen (secondary N) is 1. The van der Waals surface area contributed by atoms with E-state index in [1.54, 1.807) is 0 Å². The molecular weight excluding hydrogens is 186 g/mol. The van der Waals surface area contributed by atoms with Crippen molar-refractivity contribution in [2.45, 2.75) is 58.0 Å². The molecule has 2 nitrogen and oxygen atoms in total. The average molecular weight is 213 g/mol. The molecule has 15 heavy (non-hydrogen) atoms. The molecule has 0 aliphatic heterocycles. The van der Waals surface area contributed by atoms with E-state index in [4.69, 9.17) is 4.74 Å². The Morgan fingerprint density at radius 2 is 1.93 bits per heavy atom. The van der Waals surface area contributed by atoms with Gasteiger partial charge in [-0.15, -0.1) is 0 Å². The highest BCUT2D eigenvalue weighted by atomic mass is 16.5. The smallest absolute Gasteiger partial charge is 0.0806 e. The van der Waals surface area contributed by atoms with Crippen molar-refractivity contribution in [1.29, 1.82) is 0 Å². The summed E-state index contributed by atoms with van der Waals surface area (Å²) in [6.07, 6.45) is 7.93. The first-order valence-electron chi connectivity index (χ1n) is 6.55. The zero-order valence-corrected chi connectivity index (χ0v) is 10.6. The molecule has 90 valence electrons. The summed E-state index contributed by atoms with van der Waals surface area (Å²) < 4.78 is 5.97. The first kappa shape index (κ1) is 13.0. The van der Waals surface area contributed by atoms with E-state index in [9.17, 15) is 0 Å². The highest BCUT2D eigenvalue weighted by Crippen LogP contribution is 2.36. The minimum Gasteiger partial charge on any atom is -0.374 e. The van der Waals surface area contributed by atoms with E-state index in [0.717, 1.165) is 19.1 Å². The van der Waals surface area contributed by atoms with E-state index >= 15 is 0 Å². The van der Waals surface area contributed by atoms with Gasteiger partial charge in [0.1, 0.15) is 0 Å². The van der Waals surface area contributed by atoms with E-state index in [1.165, 1.54) is 38.5 Å². The van der Waals surface area contributed by atoms with Crippen molar-refractivity contribution >= 4 is 0 Å². The van der Waals surface area contributed by atoms with Crippen LogP contribution in [0.15, 0.2) is 0 Å². The van der Waals surface area contributed by atoms with Crippen LogP contribution in [0.2, 0.25) is 0 Å². The molecule has 1 aliphatic carbocycles. The molecule has 1 aliphatic rings. The summed E-state index contributed by atoms with van der Waals surface area (Å²) in [6.45, 7) is 6.26. The van der Waals surface area contributed by atoms with Gasteiger partial charge in [0.2, 0.25) is 0 Å². The third-order valence-electron chi connectivity index (χ3n) is 3.66. The highest BCUT2D eigenvalue weighted by molar-refractivity contribution is 4.88. The fourth-order valence-corrected chi connectivity index (χ4v) is 2.90. The predicted octanol–water partition coefficient (Wildman–Crippen LogP) is 2.97. The molecule has 0 spiro atoms. The topological polar surface area (TPSA) is 21.3 Å². The van der Waals surface area contributed by atoms with Crippen molar-refractivity contribution in [1.82, 2.24) is 5.32 Å². The van der Waals surface area contributed by atoms with Crippen molar-refractivity contribution in [2.75, 3.05) is 20.2 Å². The molecule has 0 amide bonds. The summed E-state index contributed by atoms with van der Waals surface area (Å²) >= 11 is 0. The minimum absolute atomic E-state index is 0.147. The minimum atomic E-state index is 0.147. The Labute approximate surface area is 94.8 Å². The number of likely N-dealkylation sites (N-methyl/N-ethyl adjacent to an activating group) is 1. The Hall–Kier alpha value is -0.0800. The molecule has 0 bridgehead atoms. The lowest BCUT2D eigenvalue weighted by molar-refractivity contribution is -0.0706. The Bertz CT molecular complexity index is 154. The summed E-state index contributed by atoms with van der Waals surface area (Å²) in [5.74, 6) is 0.959. The summed E-state index contributed by atoms with van der Waals surface area (Å²) in [5.41, 5.74) is 0.147. The SMILES string of the molecule is CCCC1CCC(CNC)(OCC)CC1. The summed E-state index contributed by atoms with van der Waals surface area (Å²) in [6, 6.07) is 0. The van der Waals surface area contributed by atoms with Gasteiger partial charge < -0.3 is 10.1 Å². The van der Waals surface area contributed by atoms with Crippen LogP contribution in [-0.4, -0.2) is 25.8 Å². The van der Waals surface area contributed by atoms with Crippen molar-refractivity contribution in [3.8, 4) is 0 Å². The van der Waals surface area contributed by atoms with Crippen LogP contribution in [0.4, 0.5) is 0 Å². The lowest BCUT2D eigenvalue weighted by atomic mass is 9.77. The van der Waals surface area contributed by atoms with E-state index in [2.05, 4.69) is 19.2 Å². The number of rotatable bonds is 6. The summed E-state index contributed by atoms with van der Waals surface area (Å²) in [7, 11) is 2.03. The number of hydrogen-bond acceptors (Lipinski definition) is 2. The molecule has 0 radical (unpaired) electrons. The maximum atomic E-state index is 5.97. The fourth-order valence-electron chi connectivity index (χ4n) is 2.90. The van der Waals surface area contributed by atoms with Gasteiger partial charge in [0, 0.05) is 13.2 Å². The van der Waals surface area contributed by atoms with E-state index in [0.29, 0.717) is 0 Å². The quantitative estimate of drug-likeness (QED) is 0.732. The zero-order valence-electron chi connectivity index (χ0n) is 10.6. The fraction of sp³-hybridized carbons (Fsp3) is 1.00. The standard InChI is InChI=1S/C13H27NO/c1-4-6-12-7-9-13(10-8-12,11-14-3)15-5-2/h12,14H,4-11H2,1-3H3. The van der Waals surface area contributed by atoms with Gasteiger partial charge >= 0.3 is 0 Å². The zero-order chi connectivity index (χ0) is 11.1. The van der Waals surface area contributed by atoms with E-state index < -0.39 is 0 Å². The van der Waals surface area contributed by atoms with Gasteiger partial charge in [-0.2, -0.15) is 0 Å². The first-order valence-corrected chi connectivity index (χ1v) is 6.55. The van der Waals surface area contributed by atoms with Gasteiger partial charge in [-0.25, -0.2) is 0 Å². The molecule has 0 aromatic heterocycles. The van der Waals surface area contributed by atoms with Gasteiger partial charge in [-0.1, -0.05) is 19.8 Å². The molecule has 1 rings (SSSR count). The van der Waals surface area contributed by atoms with Crippen LogP contribution in [-0.2, 0) is 4.74 Å². The molecule has 0 atom stereocenters. The second kappa shape index (κ2) is 6.49. The van der Waals surface area contributed by atoms with Gasteiger partial charge in [-0.05, 0) is 45.6 Å². The lowest BCUT2D eigenvalue weighted by Gasteiger charge is -2.40. The molecule has 0 aromatic rings. The van der Waals surface area contributed by atoms with Crippen LogP contribution in [0.25, 0.3) is 0 Å². The van der Waals surface area contributed by atoms with Crippen molar-refractivity contribution in [3.63, 3.8) is 0 Å². The van der Waals surface area contributed by atoms with Crippen LogP contribution in [0.5, 0.6) is 0 Å². The summed E-state index contributed by atoms with van der Waals surface area (Å²) in [4.78, 5) is 0. The Morgan fingerprint density at radius 1 is 1.27 bits per heavy atom. The molecule has 1 fully saturated rings. The predicted molar refractivity (Wildman–Crippen MR) is 65.1 cm³/mol. The molecular formula is C13H27NO. The Balaban J connectivity index is 2.41. The van der Waals surface area contributed by atoms with Crippen molar-refractivity contribution in [2.24, 2.45) is 5.92 Å².